The zero-order chi connectivity index (χ0) is 22.2. The molecule has 2 N–H and O–H groups in total. The predicted octanol–water partition coefficient (Wildman–Crippen LogP) is 3.15. The van der Waals surface area contributed by atoms with Gasteiger partial charge in [-0.3, -0.25) is 4.90 Å². The molecule has 0 saturated heterocycles. The molecule has 0 aliphatic carbocycles. The Morgan fingerprint density at radius 2 is 2.03 bits per heavy atom. The largest absolute Gasteiger partial charge is 0.490 e. The minimum absolute atomic E-state index is 0.227. The van der Waals surface area contributed by atoms with Gasteiger partial charge >= 0.3 is 12.0 Å². The van der Waals surface area contributed by atoms with Crippen molar-refractivity contribution >= 4 is 12.0 Å². The Morgan fingerprint density at radius 1 is 1.26 bits per heavy atom. The fourth-order valence-electron chi connectivity index (χ4n) is 3.35. The van der Waals surface area contributed by atoms with Gasteiger partial charge in [0, 0.05) is 18.8 Å². The summed E-state index contributed by atoms with van der Waals surface area (Å²) in [5, 5.41) is 5.50. The third-order valence-corrected chi connectivity index (χ3v) is 4.65. The third-order valence-electron chi connectivity index (χ3n) is 4.65. The maximum atomic E-state index is 12.7. The maximum absolute atomic E-state index is 12.7. The van der Waals surface area contributed by atoms with Gasteiger partial charge in [-0.15, -0.1) is 0 Å². The van der Waals surface area contributed by atoms with Crippen molar-refractivity contribution in [2.75, 3.05) is 26.8 Å². The molecular weight excluding hydrogens is 398 g/mol. The summed E-state index contributed by atoms with van der Waals surface area (Å²) >= 11 is 0. The second-order valence-electron chi connectivity index (χ2n) is 7.08. The molecule has 0 bridgehead atoms. The van der Waals surface area contributed by atoms with Crippen molar-refractivity contribution in [3.63, 3.8) is 0 Å². The Hall–Kier alpha value is -3.52. The monoisotopic (exact) mass is 425 g/mol. The van der Waals surface area contributed by atoms with Gasteiger partial charge in [0.05, 0.1) is 18.4 Å². The molecule has 1 aromatic heterocycles. The highest BCUT2D eigenvalue weighted by Crippen LogP contribution is 2.28. The number of carbonyl (C=O) groups excluding carboxylic acids is 2. The summed E-state index contributed by atoms with van der Waals surface area (Å²) in [6.07, 6.45) is 3.19. The Balaban J connectivity index is 1.79. The molecule has 2 aromatic rings. The van der Waals surface area contributed by atoms with E-state index in [1.54, 1.807) is 25.1 Å². The van der Waals surface area contributed by atoms with Crippen molar-refractivity contribution in [1.82, 2.24) is 15.5 Å². The van der Waals surface area contributed by atoms with Gasteiger partial charge in [-0.2, -0.15) is 0 Å². The normalized spacial score (nSPS) is 16.0. The molecule has 0 unspecified atom stereocenters. The van der Waals surface area contributed by atoms with Crippen LogP contribution >= 0.6 is 0 Å². The van der Waals surface area contributed by atoms with Gasteiger partial charge in [0.2, 0.25) is 0 Å². The fraction of sp³-hybridized carbons (Fsp3) is 0.304. The molecule has 1 atom stereocenters. The number of carbonyl (C=O) groups is 2. The molecule has 1 aromatic carbocycles. The number of nitrogens with zero attached hydrogens (tertiary/aromatic N) is 1. The molecule has 0 radical (unpaired) electrons. The number of ether oxygens (including phenoxy) is 2. The second-order valence-corrected chi connectivity index (χ2v) is 7.08. The van der Waals surface area contributed by atoms with E-state index in [-0.39, 0.29) is 6.61 Å². The van der Waals surface area contributed by atoms with Crippen molar-refractivity contribution in [2.45, 2.75) is 19.5 Å². The summed E-state index contributed by atoms with van der Waals surface area (Å²) in [5.41, 5.74) is 1.88. The van der Waals surface area contributed by atoms with Crippen LogP contribution in [0, 0.1) is 0 Å². The molecule has 8 nitrogen and oxygen atoms in total. The lowest BCUT2D eigenvalue weighted by Gasteiger charge is -2.30. The van der Waals surface area contributed by atoms with Crippen LogP contribution in [0.2, 0.25) is 0 Å². The molecule has 31 heavy (non-hydrogen) atoms. The van der Waals surface area contributed by atoms with Crippen LogP contribution in [-0.2, 0) is 16.1 Å². The molecule has 1 aliphatic rings. The average Bonchev–Trinajstić information content (AvgIpc) is 3.27. The molecular formula is C23H27N3O5. The van der Waals surface area contributed by atoms with Crippen molar-refractivity contribution < 1.29 is 23.5 Å². The SMILES string of the molecule is C=CCOc1ccc(CN(C)CC2=C(C(=O)OCC)[C@H](c3ccco3)NC(=O)N2)cc1. The number of hydrogen-bond acceptors (Lipinski definition) is 6. The van der Waals surface area contributed by atoms with Crippen LogP contribution in [0.3, 0.4) is 0 Å². The van der Waals surface area contributed by atoms with E-state index in [0.29, 0.717) is 36.7 Å². The van der Waals surface area contributed by atoms with E-state index in [9.17, 15) is 9.59 Å². The lowest BCUT2D eigenvalue weighted by Crippen LogP contribution is -2.48. The first-order chi connectivity index (χ1) is 15.0. The van der Waals surface area contributed by atoms with Gasteiger partial charge in [0.15, 0.2) is 0 Å². The Labute approximate surface area is 181 Å². The van der Waals surface area contributed by atoms with Crippen LogP contribution in [0.25, 0.3) is 0 Å². The van der Waals surface area contributed by atoms with E-state index in [1.165, 1.54) is 6.26 Å². The van der Waals surface area contributed by atoms with Gasteiger partial charge in [0.1, 0.15) is 24.2 Å². The van der Waals surface area contributed by atoms with Crippen molar-refractivity contribution in [3.8, 4) is 5.75 Å². The maximum Gasteiger partial charge on any atom is 0.338 e. The molecule has 8 heteroatoms. The topological polar surface area (TPSA) is 93.0 Å². The Bertz CT molecular complexity index is 935. The molecule has 2 heterocycles. The summed E-state index contributed by atoms with van der Waals surface area (Å²) in [6, 6.07) is 10.1. The standard InChI is InChI=1S/C23H27N3O5/c1-4-12-30-17-10-8-16(9-11-17)14-26(3)15-18-20(22(27)29-5-2)21(25-23(28)24-18)19-7-6-13-31-19/h4,6-11,13,21H,1,5,12,14-15H2,2-3H3,(H2,24,25,28)/t21-/m0/s1. The third kappa shape index (κ3) is 5.76. The van der Waals surface area contributed by atoms with Crippen molar-refractivity contribution in [3.05, 3.63) is 77.9 Å². The first-order valence-corrected chi connectivity index (χ1v) is 10.0. The Kier molecular flexibility index (Phi) is 7.50. The molecule has 3 rings (SSSR count). The summed E-state index contributed by atoms with van der Waals surface area (Å²) in [6.45, 7) is 7.00. The first-order valence-electron chi connectivity index (χ1n) is 10.0. The lowest BCUT2D eigenvalue weighted by molar-refractivity contribution is -0.139. The van der Waals surface area contributed by atoms with Crippen LogP contribution in [0.15, 0.2) is 71.0 Å². The molecule has 164 valence electrons. The zero-order valence-corrected chi connectivity index (χ0v) is 17.7. The lowest BCUT2D eigenvalue weighted by atomic mass is 10.00. The predicted molar refractivity (Wildman–Crippen MR) is 115 cm³/mol. The van der Waals surface area contributed by atoms with Crippen molar-refractivity contribution in [2.24, 2.45) is 0 Å². The molecule has 0 fully saturated rings. The molecule has 0 spiro atoms. The summed E-state index contributed by atoms with van der Waals surface area (Å²) in [5.74, 6) is 0.738. The number of esters is 1. The molecule has 2 amide bonds. The van der Waals surface area contributed by atoms with Gasteiger partial charge < -0.3 is 24.5 Å². The second kappa shape index (κ2) is 10.5. The van der Waals surface area contributed by atoms with Gasteiger partial charge in [-0.25, -0.2) is 9.59 Å². The number of hydrogen-bond donors (Lipinski definition) is 2. The first kappa shape index (κ1) is 22.2. The van der Waals surface area contributed by atoms with Crippen LogP contribution in [-0.4, -0.2) is 43.7 Å². The van der Waals surface area contributed by atoms with Crippen LogP contribution in [0.4, 0.5) is 4.79 Å². The highest BCUT2D eigenvalue weighted by Gasteiger charge is 2.35. The number of amides is 2. The summed E-state index contributed by atoms with van der Waals surface area (Å²) in [4.78, 5) is 27.0. The number of benzene rings is 1. The molecule has 1 aliphatic heterocycles. The smallest absolute Gasteiger partial charge is 0.338 e. The zero-order valence-electron chi connectivity index (χ0n) is 17.7. The van der Waals surface area contributed by atoms with E-state index in [0.717, 1.165) is 11.3 Å². The summed E-state index contributed by atoms with van der Waals surface area (Å²) < 4.78 is 16.2. The number of rotatable bonds is 10. The van der Waals surface area contributed by atoms with E-state index in [2.05, 4.69) is 17.2 Å². The number of likely N-dealkylation sites (N-methyl/N-ethyl adjacent to an activating group) is 1. The average molecular weight is 425 g/mol. The van der Waals surface area contributed by atoms with E-state index < -0.39 is 18.0 Å². The highest BCUT2D eigenvalue weighted by atomic mass is 16.5. The van der Waals surface area contributed by atoms with Crippen LogP contribution < -0.4 is 15.4 Å². The fourth-order valence-corrected chi connectivity index (χ4v) is 3.35. The van der Waals surface area contributed by atoms with Gasteiger partial charge in [0.25, 0.3) is 0 Å². The quantitative estimate of drug-likeness (QED) is 0.449. The van der Waals surface area contributed by atoms with E-state index in [1.807, 2.05) is 36.2 Å². The minimum Gasteiger partial charge on any atom is -0.490 e. The molecule has 0 saturated carbocycles. The summed E-state index contributed by atoms with van der Waals surface area (Å²) in [7, 11) is 1.91. The van der Waals surface area contributed by atoms with Crippen molar-refractivity contribution in [1.29, 1.82) is 0 Å². The number of furan rings is 1. The van der Waals surface area contributed by atoms with Crippen LogP contribution in [0.5, 0.6) is 5.75 Å². The van der Waals surface area contributed by atoms with Crippen LogP contribution in [0.1, 0.15) is 24.3 Å². The van der Waals surface area contributed by atoms with Gasteiger partial charge in [-0.05, 0) is 43.8 Å². The number of nitrogens with one attached hydrogen (secondary N) is 2. The minimum atomic E-state index is -0.715. The van der Waals surface area contributed by atoms with E-state index >= 15 is 0 Å². The van der Waals surface area contributed by atoms with Gasteiger partial charge in [-0.1, -0.05) is 24.8 Å². The highest BCUT2D eigenvalue weighted by molar-refractivity contribution is 5.95. The van der Waals surface area contributed by atoms with E-state index in [4.69, 9.17) is 13.9 Å². The number of urea groups is 1. The Morgan fingerprint density at radius 3 is 2.68 bits per heavy atom.